The van der Waals surface area contributed by atoms with Gasteiger partial charge in [0.15, 0.2) is 6.10 Å². The van der Waals surface area contributed by atoms with Crippen LogP contribution in [0.4, 0.5) is 0 Å². The Balaban J connectivity index is 4.61. The fraction of sp³-hybridized carbons (Fsp3) is 0.554. The first-order chi connectivity index (χ1) is 30.5. The largest absolute Gasteiger partial charge is 0.462 e. The maximum absolute atomic E-state index is 12.8. The molecule has 0 aromatic rings. The van der Waals surface area contributed by atoms with Crippen molar-refractivity contribution < 1.29 is 28.6 Å². The summed E-state index contributed by atoms with van der Waals surface area (Å²) in [5.41, 5.74) is 0. The normalized spacial score (nSPS) is 13.3. The molecule has 0 aliphatic heterocycles. The second-order valence-electron chi connectivity index (χ2n) is 15.4. The van der Waals surface area contributed by atoms with Gasteiger partial charge in [-0.1, -0.05) is 206 Å². The predicted octanol–water partition coefficient (Wildman–Crippen LogP) is 15.9. The summed E-state index contributed by atoms with van der Waals surface area (Å²) in [6.07, 6.45) is 68.7. The van der Waals surface area contributed by atoms with Gasteiger partial charge in [0.25, 0.3) is 0 Å². The average Bonchev–Trinajstić information content (AvgIpc) is 3.27. The van der Waals surface area contributed by atoms with E-state index < -0.39 is 6.10 Å². The molecule has 0 saturated carbocycles. The smallest absolute Gasteiger partial charge is 0.306 e. The lowest BCUT2D eigenvalue weighted by Crippen LogP contribution is -2.30. The van der Waals surface area contributed by atoms with Crippen LogP contribution in [0.2, 0.25) is 0 Å². The second kappa shape index (κ2) is 49.2. The van der Waals surface area contributed by atoms with Gasteiger partial charge in [0.05, 0.1) is 0 Å². The van der Waals surface area contributed by atoms with Crippen molar-refractivity contribution >= 4 is 17.9 Å². The summed E-state index contributed by atoms with van der Waals surface area (Å²) in [6, 6.07) is 0. The third-order valence-electron chi connectivity index (χ3n) is 9.54. The third-order valence-corrected chi connectivity index (χ3v) is 9.54. The molecular formula is C56H86O6. The van der Waals surface area contributed by atoms with Crippen molar-refractivity contribution in [2.75, 3.05) is 13.2 Å². The number of ether oxygens (including phenoxy) is 3. The van der Waals surface area contributed by atoms with Crippen molar-refractivity contribution in [2.24, 2.45) is 0 Å². The molecule has 0 radical (unpaired) electrons. The number of hydrogen-bond acceptors (Lipinski definition) is 6. The van der Waals surface area contributed by atoms with Gasteiger partial charge in [-0.25, -0.2) is 0 Å². The van der Waals surface area contributed by atoms with Crippen molar-refractivity contribution in [3.05, 3.63) is 134 Å². The van der Waals surface area contributed by atoms with Crippen molar-refractivity contribution in [1.82, 2.24) is 0 Å². The lowest BCUT2D eigenvalue weighted by atomic mass is 10.1. The summed E-state index contributed by atoms with van der Waals surface area (Å²) in [5, 5.41) is 0. The molecule has 0 rings (SSSR count). The van der Waals surface area contributed by atoms with E-state index in [0.29, 0.717) is 12.8 Å². The van der Waals surface area contributed by atoms with Crippen LogP contribution in [0.15, 0.2) is 134 Å². The Kier molecular flexibility index (Phi) is 45.7. The van der Waals surface area contributed by atoms with Crippen LogP contribution < -0.4 is 0 Å². The zero-order valence-corrected chi connectivity index (χ0v) is 39.3. The van der Waals surface area contributed by atoms with E-state index in [1.807, 2.05) is 66.8 Å². The number of carbonyl (C=O) groups excluding carboxylic acids is 3. The molecule has 0 saturated heterocycles. The van der Waals surface area contributed by atoms with Crippen LogP contribution in [0, 0.1) is 0 Å². The minimum atomic E-state index is -0.835. The topological polar surface area (TPSA) is 78.9 Å². The number of rotatable bonds is 41. The van der Waals surface area contributed by atoms with E-state index in [2.05, 4.69) is 87.6 Å². The molecule has 0 heterocycles. The molecule has 6 heteroatoms. The van der Waals surface area contributed by atoms with E-state index in [1.54, 1.807) is 0 Å². The Morgan fingerprint density at radius 3 is 1.29 bits per heavy atom. The van der Waals surface area contributed by atoms with Gasteiger partial charge in [-0.15, -0.1) is 0 Å². The molecule has 0 aromatic heterocycles. The zero-order chi connectivity index (χ0) is 45.1. The minimum Gasteiger partial charge on any atom is -0.462 e. The number of unbranched alkanes of at least 4 members (excludes halogenated alkanes) is 13. The van der Waals surface area contributed by atoms with E-state index in [-0.39, 0.29) is 50.4 Å². The molecule has 6 nitrogen and oxygen atoms in total. The second-order valence-corrected chi connectivity index (χ2v) is 15.4. The number of hydrogen-bond donors (Lipinski definition) is 0. The Morgan fingerprint density at radius 2 is 0.742 bits per heavy atom. The molecule has 0 aromatic carbocycles. The molecule has 0 bridgehead atoms. The fourth-order valence-corrected chi connectivity index (χ4v) is 5.95. The van der Waals surface area contributed by atoms with E-state index in [1.165, 1.54) is 38.5 Å². The maximum atomic E-state index is 12.8. The van der Waals surface area contributed by atoms with E-state index in [0.717, 1.165) is 89.9 Å². The number of allylic oxidation sites excluding steroid dienone is 22. The molecule has 0 fully saturated rings. The van der Waals surface area contributed by atoms with Crippen LogP contribution in [-0.2, 0) is 28.6 Å². The lowest BCUT2D eigenvalue weighted by Gasteiger charge is -2.18. The monoisotopic (exact) mass is 855 g/mol. The molecule has 0 aliphatic rings. The van der Waals surface area contributed by atoms with Crippen LogP contribution in [0.5, 0.6) is 0 Å². The van der Waals surface area contributed by atoms with Gasteiger partial charge in [0, 0.05) is 19.3 Å². The quantitative estimate of drug-likeness (QED) is 0.0200. The van der Waals surface area contributed by atoms with Crippen LogP contribution in [0.1, 0.15) is 181 Å². The van der Waals surface area contributed by atoms with Crippen molar-refractivity contribution in [3.63, 3.8) is 0 Å². The SMILES string of the molecule is CC\C=C/C=C\C=C/C=C\C=C\C=C/CCCCCC(=O)OCC(COC(=O)CC/C=C\C/C=C\CCCCCCCC)OC(=O)CCCCCC/C=C\C/C=C\C/C=C\CC. The highest BCUT2D eigenvalue weighted by Gasteiger charge is 2.19. The van der Waals surface area contributed by atoms with Crippen molar-refractivity contribution in [2.45, 2.75) is 187 Å². The first-order valence-corrected chi connectivity index (χ1v) is 24.3. The van der Waals surface area contributed by atoms with Gasteiger partial charge >= 0.3 is 17.9 Å². The van der Waals surface area contributed by atoms with Crippen LogP contribution >= 0.6 is 0 Å². The van der Waals surface area contributed by atoms with E-state index in [4.69, 9.17) is 14.2 Å². The highest BCUT2D eigenvalue weighted by atomic mass is 16.6. The summed E-state index contributed by atoms with van der Waals surface area (Å²) >= 11 is 0. The van der Waals surface area contributed by atoms with Crippen LogP contribution in [0.25, 0.3) is 0 Å². The number of carbonyl (C=O) groups is 3. The molecule has 0 aliphatic carbocycles. The summed E-state index contributed by atoms with van der Waals surface area (Å²) in [4.78, 5) is 37.9. The average molecular weight is 855 g/mol. The van der Waals surface area contributed by atoms with Gasteiger partial charge in [-0.2, -0.15) is 0 Å². The molecule has 1 atom stereocenters. The summed E-state index contributed by atoms with van der Waals surface area (Å²) in [7, 11) is 0. The van der Waals surface area contributed by atoms with Crippen molar-refractivity contribution in [3.8, 4) is 0 Å². The van der Waals surface area contributed by atoms with Gasteiger partial charge in [-0.05, 0) is 89.9 Å². The number of esters is 3. The van der Waals surface area contributed by atoms with Crippen molar-refractivity contribution in [1.29, 1.82) is 0 Å². The Labute approximate surface area is 379 Å². The van der Waals surface area contributed by atoms with Gasteiger partial charge < -0.3 is 14.2 Å². The highest BCUT2D eigenvalue weighted by Crippen LogP contribution is 2.11. The first kappa shape index (κ1) is 57.5. The first-order valence-electron chi connectivity index (χ1n) is 24.3. The Morgan fingerprint density at radius 1 is 0.355 bits per heavy atom. The fourth-order valence-electron chi connectivity index (χ4n) is 5.95. The standard InChI is InChI=1S/C56H86O6/c1-4-7-10-13-16-19-22-25-27-28-29-32-34-37-40-43-46-49-55(58)61-52-53(51-60-54(57)48-45-42-39-36-33-30-24-21-18-15-12-9-6-3)62-56(59)50-47-44-41-38-35-31-26-23-20-17-14-11-8-5-2/h7-8,10-11,13,16-17,19-20,22,25-34,39,42,53H,4-6,9,12,14-15,18,21,23-24,35-38,40-41,43-52H2,1-3H3/b10-7-,11-8-,16-13-,20-17-,22-19-,27-25-,29-28+,31-26-,33-30-,34-32-,42-39-. The minimum absolute atomic E-state index is 0.133. The summed E-state index contributed by atoms with van der Waals surface area (Å²) in [6.45, 7) is 6.23. The maximum Gasteiger partial charge on any atom is 0.306 e. The Bertz CT molecular complexity index is 1400. The van der Waals surface area contributed by atoms with Gasteiger partial charge in [0.1, 0.15) is 13.2 Å². The summed E-state index contributed by atoms with van der Waals surface area (Å²) in [5.74, 6) is -1.08. The van der Waals surface area contributed by atoms with Crippen LogP contribution in [0.3, 0.4) is 0 Å². The van der Waals surface area contributed by atoms with E-state index >= 15 is 0 Å². The molecule has 0 amide bonds. The molecule has 1 unspecified atom stereocenters. The molecular weight excluding hydrogens is 769 g/mol. The van der Waals surface area contributed by atoms with Gasteiger partial charge in [0.2, 0.25) is 0 Å². The summed E-state index contributed by atoms with van der Waals surface area (Å²) < 4.78 is 16.6. The molecule has 0 N–H and O–H groups in total. The molecule has 0 spiro atoms. The van der Waals surface area contributed by atoms with Crippen LogP contribution in [-0.4, -0.2) is 37.2 Å². The Hall–Kier alpha value is -4.45. The van der Waals surface area contributed by atoms with E-state index in [9.17, 15) is 14.4 Å². The predicted molar refractivity (Wildman–Crippen MR) is 265 cm³/mol. The molecule has 346 valence electrons. The highest BCUT2D eigenvalue weighted by molar-refractivity contribution is 5.71. The van der Waals surface area contributed by atoms with Gasteiger partial charge in [-0.3, -0.25) is 14.4 Å². The zero-order valence-electron chi connectivity index (χ0n) is 39.3. The third kappa shape index (κ3) is 46.6. The lowest BCUT2D eigenvalue weighted by molar-refractivity contribution is -0.166. The molecule has 62 heavy (non-hydrogen) atoms.